The van der Waals surface area contributed by atoms with E-state index in [1.54, 1.807) is 0 Å². The van der Waals surface area contributed by atoms with Crippen molar-refractivity contribution in [3.63, 3.8) is 0 Å². The second-order valence-electron chi connectivity index (χ2n) is 5.16. The molecule has 2 aromatic rings. The van der Waals surface area contributed by atoms with Gasteiger partial charge in [0, 0.05) is 12.1 Å². The zero-order valence-corrected chi connectivity index (χ0v) is 11.6. The molecule has 0 saturated heterocycles. The van der Waals surface area contributed by atoms with Crippen LogP contribution >= 0.6 is 0 Å². The molecule has 0 saturated carbocycles. The third kappa shape index (κ3) is 2.49. The minimum atomic E-state index is 0.298. The fourth-order valence-electron chi connectivity index (χ4n) is 2.48. The summed E-state index contributed by atoms with van der Waals surface area (Å²) >= 11 is 0. The summed E-state index contributed by atoms with van der Waals surface area (Å²) in [6.45, 7) is 3.90. The molecule has 3 rings (SSSR count). The molecule has 20 heavy (non-hydrogen) atoms. The van der Waals surface area contributed by atoms with Gasteiger partial charge < -0.3 is 15.2 Å². The number of para-hydroxylation sites is 1. The second kappa shape index (κ2) is 5.55. The molecule has 2 N–H and O–H groups in total. The van der Waals surface area contributed by atoms with Crippen LogP contribution in [0, 0.1) is 6.92 Å². The zero-order chi connectivity index (χ0) is 13.9. The average molecular weight is 269 g/mol. The largest absolute Gasteiger partial charge is 0.493 e. The topological polar surface area (TPSA) is 44.5 Å². The molecule has 2 aromatic carbocycles. The molecule has 1 atom stereocenters. The van der Waals surface area contributed by atoms with Crippen LogP contribution in [0.4, 0.5) is 0 Å². The first-order chi connectivity index (χ1) is 9.78. The lowest BCUT2D eigenvalue weighted by Gasteiger charge is -2.14. The maximum Gasteiger partial charge on any atom is 0.123 e. The summed E-state index contributed by atoms with van der Waals surface area (Å²) in [5.41, 5.74) is 9.14. The molecule has 1 aliphatic heterocycles. The number of fused-ring (bicyclic) bond motifs is 1. The van der Waals surface area contributed by atoms with E-state index in [0.717, 1.165) is 22.6 Å². The van der Waals surface area contributed by atoms with Gasteiger partial charge >= 0.3 is 0 Å². The lowest BCUT2D eigenvalue weighted by molar-refractivity contribution is 0.247. The Morgan fingerprint density at radius 2 is 2.10 bits per heavy atom. The normalized spacial score (nSPS) is 16.6. The fourth-order valence-corrected chi connectivity index (χ4v) is 2.48. The Kier molecular flexibility index (Phi) is 3.61. The summed E-state index contributed by atoms with van der Waals surface area (Å²) in [6.07, 6.45) is 0. The van der Waals surface area contributed by atoms with Gasteiger partial charge in [-0.3, -0.25) is 0 Å². The first kappa shape index (κ1) is 13.0. The first-order valence-electron chi connectivity index (χ1n) is 6.92. The highest BCUT2D eigenvalue weighted by molar-refractivity contribution is 5.40. The van der Waals surface area contributed by atoms with Gasteiger partial charge in [0.15, 0.2) is 0 Å². The molecule has 0 spiro atoms. The van der Waals surface area contributed by atoms with Crippen molar-refractivity contribution in [2.45, 2.75) is 19.4 Å². The van der Waals surface area contributed by atoms with Crippen molar-refractivity contribution in [2.75, 3.05) is 13.2 Å². The summed E-state index contributed by atoms with van der Waals surface area (Å²) in [5.74, 6) is 2.19. The minimum absolute atomic E-state index is 0.298. The van der Waals surface area contributed by atoms with Crippen molar-refractivity contribution >= 4 is 0 Å². The summed E-state index contributed by atoms with van der Waals surface area (Å²) < 4.78 is 11.7. The van der Waals surface area contributed by atoms with Crippen LogP contribution in [0.3, 0.4) is 0 Å². The van der Waals surface area contributed by atoms with Gasteiger partial charge in [-0.15, -0.1) is 0 Å². The molecule has 0 aromatic heterocycles. The molecule has 0 radical (unpaired) electrons. The van der Waals surface area contributed by atoms with Crippen molar-refractivity contribution in [3.05, 3.63) is 59.2 Å². The molecular formula is C17H19NO2. The number of rotatable bonds is 4. The molecule has 1 unspecified atom stereocenters. The standard InChI is InChI=1S/C17H19NO2/c1-12-6-7-13(9-18)8-17(12)20-11-14-10-19-16-5-3-2-4-15(14)16/h2-8,14H,9-11,18H2,1H3. The van der Waals surface area contributed by atoms with Crippen LogP contribution in [-0.2, 0) is 6.54 Å². The van der Waals surface area contributed by atoms with Crippen molar-refractivity contribution < 1.29 is 9.47 Å². The minimum Gasteiger partial charge on any atom is -0.493 e. The van der Waals surface area contributed by atoms with Gasteiger partial charge in [0.2, 0.25) is 0 Å². The molecule has 3 heteroatoms. The number of hydrogen-bond donors (Lipinski definition) is 1. The van der Waals surface area contributed by atoms with Crippen LogP contribution in [0.25, 0.3) is 0 Å². The van der Waals surface area contributed by atoms with Gasteiger partial charge in [-0.2, -0.15) is 0 Å². The number of aryl methyl sites for hydroxylation is 1. The summed E-state index contributed by atoms with van der Waals surface area (Å²) in [4.78, 5) is 0. The van der Waals surface area contributed by atoms with Crippen LogP contribution < -0.4 is 15.2 Å². The Bertz CT molecular complexity index is 610. The third-order valence-corrected chi connectivity index (χ3v) is 3.73. The monoisotopic (exact) mass is 269 g/mol. The highest BCUT2D eigenvalue weighted by Gasteiger charge is 2.24. The molecular weight excluding hydrogens is 250 g/mol. The second-order valence-corrected chi connectivity index (χ2v) is 5.16. The van der Waals surface area contributed by atoms with E-state index < -0.39 is 0 Å². The van der Waals surface area contributed by atoms with Gasteiger partial charge in [-0.1, -0.05) is 30.3 Å². The van der Waals surface area contributed by atoms with Crippen LogP contribution in [0.15, 0.2) is 42.5 Å². The Morgan fingerprint density at radius 1 is 1.25 bits per heavy atom. The van der Waals surface area contributed by atoms with Gasteiger partial charge in [0.05, 0.1) is 19.1 Å². The maximum atomic E-state index is 5.98. The molecule has 0 fully saturated rings. The fraction of sp³-hybridized carbons (Fsp3) is 0.294. The summed E-state index contributed by atoms with van der Waals surface area (Å²) in [6, 6.07) is 14.3. The van der Waals surface area contributed by atoms with Gasteiger partial charge in [0.25, 0.3) is 0 Å². The molecule has 1 aliphatic rings. The van der Waals surface area contributed by atoms with Crippen molar-refractivity contribution in [1.29, 1.82) is 0 Å². The smallest absolute Gasteiger partial charge is 0.123 e. The van der Waals surface area contributed by atoms with Crippen molar-refractivity contribution in [1.82, 2.24) is 0 Å². The van der Waals surface area contributed by atoms with E-state index in [1.165, 1.54) is 5.56 Å². The van der Waals surface area contributed by atoms with Crippen LogP contribution in [0.5, 0.6) is 11.5 Å². The van der Waals surface area contributed by atoms with E-state index in [1.807, 2.05) is 30.3 Å². The number of ether oxygens (including phenoxy) is 2. The number of benzene rings is 2. The molecule has 0 bridgehead atoms. The highest BCUT2D eigenvalue weighted by Crippen LogP contribution is 2.34. The zero-order valence-electron chi connectivity index (χ0n) is 11.6. The predicted octanol–water partition coefficient (Wildman–Crippen LogP) is 3.01. The molecule has 104 valence electrons. The summed E-state index contributed by atoms with van der Waals surface area (Å²) in [5, 5.41) is 0. The Hall–Kier alpha value is -2.00. The first-order valence-corrected chi connectivity index (χ1v) is 6.92. The van der Waals surface area contributed by atoms with E-state index in [4.69, 9.17) is 15.2 Å². The molecule has 1 heterocycles. The Morgan fingerprint density at radius 3 is 2.95 bits per heavy atom. The van der Waals surface area contributed by atoms with Crippen molar-refractivity contribution in [3.8, 4) is 11.5 Å². The Balaban J connectivity index is 1.72. The van der Waals surface area contributed by atoms with E-state index >= 15 is 0 Å². The molecule has 3 nitrogen and oxygen atoms in total. The molecule has 0 aliphatic carbocycles. The summed E-state index contributed by atoms with van der Waals surface area (Å²) in [7, 11) is 0. The van der Waals surface area contributed by atoms with Gasteiger partial charge in [-0.25, -0.2) is 0 Å². The highest BCUT2D eigenvalue weighted by atomic mass is 16.5. The van der Waals surface area contributed by atoms with E-state index in [0.29, 0.717) is 25.7 Å². The SMILES string of the molecule is Cc1ccc(CN)cc1OCC1COc2ccccc21. The molecule has 0 amide bonds. The lowest BCUT2D eigenvalue weighted by Crippen LogP contribution is -2.12. The van der Waals surface area contributed by atoms with E-state index in [9.17, 15) is 0 Å². The lowest BCUT2D eigenvalue weighted by atomic mass is 10.0. The average Bonchev–Trinajstić information content (AvgIpc) is 2.90. The van der Waals surface area contributed by atoms with Crippen LogP contribution in [-0.4, -0.2) is 13.2 Å². The van der Waals surface area contributed by atoms with Crippen LogP contribution in [0.1, 0.15) is 22.6 Å². The van der Waals surface area contributed by atoms with E-state index in [-0.39, 0.29) is 0 Å². The van der Waals surface area contributed by atoms with E-state index in [2.05, 4.69) is 19.1 Å². The van der Waals surface area contributed by atoms with Crippen LogP contribution in [0.2, 0.25) is 0 Å². The van der Waals surface area contributed by atoms with Gasteiger partial charge in [-0.05, 0) is 30.2 Å². The Labute approximate surface area is 119 Å². The quantitative estimate of drug-likeness (QED) is 0.928. The number of nitrogens with two attached hydrogens (primary N) is 1. The number of hydrogen-bond acceptors (Lipinski definition) is 3. The van der Waals surface area contributed by atoms with Gasteiger partial charge in [0.1, 0.15) is 11.5 Å². The van der Waals surface area contributed by atoms with Crippen molar-refractivity contribution in [2.24, 2.45) is 5.73 Å². The maximum absolute atomic E-state index is 5.98. The predicted molar refractivity (Wildman–Crippen MR) is 79.2 cm³/mol. The third-order valence-electron chi connectivity index (χ3n) is 3.73.